The summed E-state index contributed by atoms with van der Waals surface area (Å²) in [4.78, 5) is 24.0. The van der Waals surface area contributed by atoms with Crippen LogP contribution in [0.1, 0.15) is 35.3 Å². The zero-order chi connectivity index (χ0) is 17.8. The van der Waals surface area contributed by atoms with Crippen molar-refractivity contribution < 1.29 is 4.79 Å². The predicted octanol–water partition coefficient (Wildman–Crippen LogP) is 3.36. The highest BCUT2D eigenvalue weighted by Crippen LogP contribution is 2.20. The largest absolute Gasteiger partial charge is 0.330 e. The van der Waals surface area contributed by atoms with Crippen LogP contribution in [0.15, 0.2) is 55.1 Å². The first-order valence-electron chi connectivity index (χ1n) is 9.15. The van der Waals surface area contributed by atoms with Crippen molar-refractivity contribution in [1.82, 2.24) is 24.6 Å². The molecule has 8 heteroatoms. The average molecular weight is 422 g/mol. The fourth-order valence-electron chi connectivity index (χ4n) is 3.56. The quantitative estimate of drug-likeness (QED) is 0.701. The molecule has 1 atom stereocenters. The van der Waals surface area contributed by atoms with Gasteiger partial charge in [0, 0.05) is 30.8 Å². The minimum absolute atomic E-state index is 0. The summed E-state index contributed by atoms with van der Waals surface area (Å²) in [6.45, 7) is 2.49. The van der Waals surface area contributed by atoms with Crippen LogP contribution in [-0.2, 0) is 6.54 Å². The molecule has 3 aromatic heterocycles. The minimum Gasteiger partial charge on any atom is -0.330 e. The number of imidazole rings is 1. The van der Waals surface area contributed by atoms with E-state index in [9.17, 15) is 4.79 Å². The van der Waals surface area contributed by atoms with E-state index in [0.717, 1.165) is 43.7 Å². The maximum atomic E-state index is 13.4. The van der Waals surface area contributed by atoms with Gasteiger partial charge in [-0.2, -0.15) is 0 Å². The first kappa shape index (κ1) is 22.1. The third-order valence-electron chi connectivity index (χ3n) is 4.94. The van der Waals surface area contributed by atoms with Crippen LogP contribution in [-0.4, -0.2) is 44.3 Å². The van der Waals surface area contributed by atoms with Crippen molar-refractivity contribution in [2.24, 2.45) is 0 Å². The highest BCUT2D eigenvalue weighted by atomic mass is 35.5. The second-order valence-corrected chi connectivity index (χ2v) is 6.70. The Labute approximate surface area is 177 Å². The standard InChI is InChI=1S/C20H23N5O.2ClH/c26-20(16-6-7-19-23-12-13-24(19)14-16)25(15-17-4-1-2-10-22-17)18-5-3-9-21-11-8-18;;/h1-2,4,6-7,10,12-14,18,21H,3,5,8-9,11,15H2;2*1H. The van der Waals surface area contributed by atoms with Crippen LogP contribution >= 0.6 is 24.8 Å². The highest BCUT2D eigenvalue weighted by molar-refractivity contribution is 5.94. The van der Waals surface area contributed by atoms with Crippen molar-refractivity contribution in [3.8, 4) is 0 Å². The van der Waals surface area contributed by atoms with Gasteiger partial charge >= 0.3 is 0 Å². The second-order valence-electron chi connectivity index (χ2n) is 6.70. The molecule has 1 amide bonds. The van der Waals surface area contributed by atoms with E-state index in [4.69, 9.17) is 0 Å². The molecule has 1 aliphatic heterocycles. The second kappa shape index (κ2) is 10.4. The Balaban J connectivity index is 0.00000140. The van der Waals surface area contributed by atoms with Gasteiger partial charge in [-0.15, -0.1) is 24.8 Å². The summed E-state index contributed by atoms with van der Waals surface area (Å²) >= 11 is 0. The normalized spacial score (nSPS) is 16.5. The number of amides is 1. The summed E-state index contributed by atoms with van der Waals surface area (Å²) in [5.41, 5.74) is 2.45. The zero-order valence-electron chi connectivity index (χ0n) is 15.5. The summed E-state index contributed by atoms with van der Waals surface area (Å²) in [5, 5.41) is 3.43. The van der Waals surface area contributed by atoms with E-state index < -0.39 is 0 Å². The zero-order valence-corrected chi connectivity index (χ0v) is 17.2. The SMILES string of the molecule is Cl.Cl.O=C(c1ccc2nccn2c1)N(Cc1ccccn1)C1CCCNCC1. The van der Waals surface area contributed by atoms with Gasteiger partial charge in [0.2, 0.25) is 0 Å². The number of carbonyl (C=O) groups excluding carboxylic acids is 1. The molecule has 0 spiro atoms. The van der Waals surface area contributed by atoms with Gasteiger partial charge in [-0.3, -0.25) is 9.78 Å². The lowest BCUT2D eigenvalue weighted by Gasteiger charge is -2.31. The molecule has 0 aliphatic carbocycles. The van der Waals surface area contributed by atoms with E-state index in [1.165, 1.54) is 0 Å². The molecule has 0 bridgehead atoms. The van der Waals surface area contributed by atoms with Gasteiger partial charge in [-0.1, -0.05) is 6.07 Å². The first-order valence-corrected chi connectivity index (χ1v) is 9.15. The van der Waals surface area contributed by atoms with Gasteiger partial charge in [0.1, 0.15) is 5.65 Å². The number of hydrogen-bond donors (Lipinski definition) is 1. The van der Waals surface area contributed by atoms with Crippen LogP contribution in [0.25, 0.3) is 5.65 Å². The molecular formula is C20H25Cl2N5O. The van der Waals surface area contributed by atoms with Crippen LogP contribution in [0, 0.1) is 0 Å². The van der Waals surface area contributed by atoms with Crippen molar-refractivity contribution in [1.29, 1.82) is 0 Å². The first-order chi connectivity index (χ1) is 12.8. The lowest BCUT2D eigenvalue weighted by Crippen LogP contribution is -2.40. The third-order valence-corrected chi connectivity index (χ3v) is 4.94. The number of rotatable bonds is 4. The number of pyridine rings is 2. The molecule has 0 aromatic carbocycles. The Hall–Kier alpha value is -2.15. The van der Waals surface area contributed by atoms with E-state index >= 15 is 0 Å². The van der Waals surface area contributed by atoms with E-state index in [1.54, 1.807) is 12.4 Å². The van der Waals surface area contributed by atoms with Crippen LogP contribution in [0.3, 0.4) is 0 Å². The van der Waals surface area contributed by atoms with Crippen LogP contribution in [0.5, 0.6) is 0 Å². The van der Waals surface area contributed by atoms with E-state index in [1.807, 2.05) is 52.0 Å². The molecule has 1 unspecified atom stereocenters. The summed E-state index contributed by atoms with van der Waals surface area (Å²) in [5.74, 6) is 0.0538. The number of carbonyl (C=O) groups is 1. The van der Waals surface area contributed by atoms with Gasteiger partial charge in [-0.25, -0.2) is 4.98 Å². The minimum atomic E-state index is 0. The summed E-state index contributed by atoms with van der Waals surface area (Å²) in [6.07, 6.45) is 10.3. The van der Waals surface area contributed by atoms with Crippen molar-refractivity contribution in [3.63, 3.8) is 0 Å². The highest BCUT2D eigenvalue weighted by Gasteiger charge is 2.26. The Kier molecular flexibility index (Phi) is 8.23. The number of nitrogens with one attached hydrogen (secondary N) is 1. The molecule has 1 aliphatic rings. The lowest BCUT2D eigenvalue weighted by molar-refractivity contribution is 0.0642. The Morgan fingerprint density at radius 3 is 2.82 bits per heavy atom. The molecule has 3 aromatic rings. The Morgan fingerprint density at radius 2 is 2.00 bits per heavy atom. The maximum absolute atomic E-state index is 13.4. The molecule has 0 radical (unpaired) electrons. The van der Waals surface area contributed by atoms with Crippen molar-refractivity contribution in [3.05, 3.63) is 66.4 Å². The molecule has 1 fully saturated rings. The van der Waals surface area contributed by atoms with Gasteiger partial charge in [0.15, 0.2) is 0 Å². The van der Waals surface area contributed by atoms with Gasteiger partial charge in [0.05, 0.1) is 17.8 Å². The summed E-state index contributed by atoms with van der Waals surface area (Å²) in [7, 11) is 0. The van der Waals surface area contributed by atoms with Gasteiger partial charge in [-0.05, 0) is 56.6 Å². The van der Waals surface area contributed by atoms with Crippen LogP contribution in [0.4, 0.5) is 0 Å². The van der Waals surface area contributed by atoms with Crippen molar-refractivity contribution in [2.45, 2.75) is 31.8 Å². The number of nitrogens with zero attached hydrogens (tertiary/aromatic N) is 4. The number of aromatic nitrogens is 3. The average Bonchev–Trinajstić information content (AvgIpc) is 2.99. The molecule has 28 heavy (non-hydrogen) atoms. The lowest BCUT2D eigenvalue weighted by atomic mass is 10.1. The molecule has 6 nitrogen and oxygen atoms in total. The summed E-state index contributed by atoms with van der Waals surface area (Å²) in [6, 6.07) is 9.83. The molecule has 150 valence electrons. The fourth-order valence-corrected chi connectivity index (χ4v) is 3.56. The Morgan fingerprint density at radius 1 is 1.11 bits per heavy atom. The number of fused-ring (bicyclic) bond motifs is 1. The number of hydrogen-bond acceptors (Lipinski definition) is 4. The van der Waals surface area contributed by atoms with Gasteiger partial charge in [0.25, 0.3) is 5.91 Å². The van der Waals surface area contributed by atoms with Crippen LogP contribution in [0.2, 0.25) is 0 Å². The molecule has 1 N–H and O–H groups in total. The fraction of sp³-hybridized carbons (Fsp3) is 0.350. The topological polar surface area (TPSA) is 62.5 Å². The van der Waals surface area contributed by atoms with Crippen molar-refractivity contribution >= 4 is 36.4 Å². The van der Waals surface area contributed by atoms with E-state index in [-0.39, 0.29) is 36.8 Å². The molecular weight excluding hydrogens is 397 g/mol. The Bertz CT molecular complexity index is 878. The number of halogens is 2. The van der Waals surface area contributed by atoms with Crippen LogP contribution < -0.4 is 5.32 Å². The van der Waals surface area contributed by atoms with E-state index in [2.05, 4.69) is 15.3 Å². The molecule has 0 saturated carbocycles. The van der Waals surface area contributed by atoms with Gasteiger partial charge < -0.3 is 14.6 Å². The van der Waals surface area contributed by atoms with Crippen molar-refractivity contribution in [2.75, 3.05) is 13.1 Å². The summed E-state index contributed by atoms with van der Waals surface area (Å²) < 4.78 is 1.89. The van der Waals surface area contributed by atoms with E-state index in [0.29, 0.717) is 12.1 Å². The smallest absolute Gasteiger partial charge is 0.255 e. The predicted molar refractivity (Wildman–Crippen MR) is 114 cm³/mol. The molecule has 4 rings (SSSR count). The maximum Gasteiger partial charge on any atom is 0.255 e. The molecule has 1 saturated heterocycles. The monoisotopic (exact) mass is 421 g/mol. The third kappa shape index (κ3) is 5.01. The molecule has 4 heterocycles.